The first-order valence-electron chi connectivity index (χ1n) is 5.14. The predicted octanol–water partition coefficient (Wildman–Crippen LogP) is 1.50. The molecular formula is C12H15N3O. The van der Waals surface area contributed by atoms with Crippen LogP contribution in [0.2, 0.25) is 0 Å². The molecule has 1 unspecified atom stereocenters. The van der Waals surface area contributed by atoms with E-state index in [-0.39, 0.29) is 11.8 Å². The molecule has 0 saturated heterocycles. The van der Waals surface area contributed by atoms with Gasteiger partial charge in [-0.2, -0.15) is 0 Å². The van der Waals surface area contributed by atoms with E-state index in [0.717, 1.165) is 16.7 Å². The van der Waals surface area contributed by atoms with Crippen molar-refractivity contribution in [2.24, 2.45) is 10.8 Å². The molecule has 4 N–H and O–H groups in total. The number of rotatable bonds is 0. The van der Waals surface area contributed by atoms with Crippen LogP contribution >= 0.6 is 0 Å². The molecule has 0 aromatic heterocycles. The second-order valence-corrected chi connectivity index (χ2v) is 3.95. The molecular weight excluding hydrogens is 202 g/mol. The number of aliphatic hydroxyl groups is 1. The van der Waals surface area contributed by atoms with E-state index in [1.807, 2.05) is 32.1 Å². The SMILES string of the molecule is CC1=CC(C)=C2C=CC(NN)=NC2C=C1O. The lowest BCUT2D eigenvalue weighted by Gasteiger charge is -2.16. The quantitative estimate of drug-likeness (QED) is 0.425. The lowest BCUT2D eigenvalue weighted by Crippen LogP contribution is -2.31. The highest BCUT2D eigenvalue weighted by Crippen LogP contribution is 2.26. The van der Waals surface area contributed by atoms with Crippen LogP contribution in [0.5, 0.6) is 0 Å². The van der Waals surface area contributed by atoms with Crippen molar-refractivity contribution in [3.63, 3.8) is 0 Å². The number of hydrazine groups is 1. The molecule has 0 bridgehead atoms. The molecule has 0 saturated carbocycles. The predicted molar refractivity (Wildman–Crippen MR) is 64.9 cm³/mol. The normalized spacial score (nSPS) is 24.2. The van der Waals surface area contributed by atoms with E-state index < -0.39 is 0 Å². The number of nitrogens with one attached hydrogen (secondary N) is 1. The monoisotopic (exact) mass is 217 g/mol. The van der Waals surface area contributed by atoms with Gasteiger partial charge < -0.3 is 10.5 Å². The number of fused-ring (bicyclic) bond motifs is 1. The van der Waals surface area contributed by atoms with Crippen LogP contribution < -0.4 is 11.3 Å². The summed E-state index contributed by atoms with van der Waals surface area (Å²) >= 11 is 0. The number of nitrogens with zero attached hydrogens (tertiary/aromatic N) is 1. The topological polar surface area (TPSA) is 70.6 Å². The van der Waals surface area contributed by atoms with Crippen LogP contribution in [0.15, 0.2) is 51.8 Å². The highest BCUT2D eigenvalue weighted by atomic mass is 16.3. The van der Waals surface area contributed by atoms with Crippen molar-refractivity contribution >= 4 is 5.84 Å². The van der Waals surface area contributed by atoms with E-state index >= 15 is 0 Å². The van der Waals surface area contributed by atoms with Gasteiger partial charge in [0, 0.05) is 0 Å². The Morgan fingerprint density at radius 1 is 1.38 bits per heavy atom. The fourth-order valence-corrected chi connectivity index (χ4v) is 1.87. The van der Waals surface area contributed by atoms with Gasteiger partial charge in [-0.1, -0.05) is 12.2 Å². The van der Waals surface area contributed by atoms with Gasteiger partial charge in [0.25, 0.3) is 0 Å². The Kier molecular flexibility index (Phi) is 2.66. The summed E-state index contributed by atoms with van der Waals surface area (Å²) in [5.74, 6) is 6.21. The molecule has 2 rings (SSSR count). The standard InChI is InChI=1S/C12H15N3O/c1-7-5-8(2)11(16)6-10-9(7)3-4-12(14-10)15-13/h3-6,10,16H,13H2,1-2H3,(H,14,15). The number of nitrogens with two attached hydrogens (primary N) is 1. The first-order valence-corrected chi connectivity index (χ1v) is 5.14. The Morgan fingerprint density at radius 2 is 2.12 bits per heavy atom. The Morgan fingerprint density at radius 3 is 2.81 bits per heavy atom. The highest BCUT2D eigenvalue weighted by Gasteiger charge is 2.19. The minimum absolute atomic E-state index is 0.162. The van der Waals surface area contributed by atoms with Crippen LogP contribution in [0.3, 0.4) is 0 Å². The lowest BCUT2D eigenvalue weighted by atomic mass is 10.00. The van der Waals surface area contributed by atoms with Crippen molar-refractivity contribution in [3.05, 3.63) is 46.8 Å². The molecule has 84 valence electrons. The fraction of sp³-hybridized carbons (Fsp3) is 0.250. The van der Waals surface area contributed by atoms with Crippen LogP contribution in [-0.4, -0.2) is 17.0 Å². The summed E-state index contributed by atoms with van der Waals surface area (Å²) in [7, 11) is 0. The summed E-state index contributed by atoms with van der Waals surface area (Å²) < 4.78 is 0. The van der Waals surface area contributed by atoms with Gasteiger partial charge in [-0.3, -0.25) is 4.99 Å². The average Bonchev–Trinajstić information content (AvgIpc) is 2.37. The van der Waals surface area contributed by atoms with Gasteiger partial charge in [0.1, 0.15) is 11.6 Å². The van der Waals surface area contributed by atoms with Crippen LogP contribution in [0.4, 0.5) is 0 Å². The van der Waals surface area contributed by atoms with Gasteiger partial charge in [0.2, 0.25) is 0 Å². The summed E-state index contributed by atoms with van der Waals surface area (Å²) in [5.41, 5.74) is 5.56. The molecule has 1 aliphatic carbocycles. The van der Waals surface area contributed by atoms with Crippen molar-refractivity contribution in [2.75, 3.05) is 0 Å². The second-order valence-electron chi connectivity index (χ2n) is 3.95. The third-order valence-electron chi connectivity index (χ3n) is 2.77. The molecule has 1 heterocycles. The zero-order valence-electron chi connectivity index (χ0n) is 9.36. The molecule has 1 aliphatic heterocycles. The van der Waals surface area contributed by atoms with E-state index in [9.17, 15) is 5.11 Å². The number of amidine groups is 1. The molecule has 2 aliphatic rings. The average molecular weight is 217 g/mol. The molecule has 1 atom stereocenters. The molecule has 0 spiro atoms. The first kappa shape index (κ1) is 10.7. The third-order valence-corrected chi connectivity index (χ3v) is 2.77. The van der Waals surface area contributed by atoms with Crippen molar-refractivity contribution in [1.82, 2.24) is 5.43 Å². The summed E-state index contributed by atoms with van der Waals surface area (Å²) in [5, 5.41) is 9.79. The summed E-state index contributed by atoms with van der Waals surface area (Å²) in [6.45, 7) is 3.89. The number of dihydropyridines is 1. The maximum atomic E-state index is 9.79. The number of aliphatic hydroxyl groups excluding tert-OH is 1. The van der Waals surface area contributed by atoms with Crippen molar-refractivity contribution in [3.8, 4) is 0 Å². The van der Waals surface area contributed by atoms with Gasteiger partial charge in [-0.05, 0) is 42.7 Å². The van der Waals surface area contributed by atoms with Gasteiger partial charge in [0.05, 0.1) is 6.04 Å². The van der Waals surface area contributed by atoms with Crippen molar-refractivity contribution in [1.29, 1.82) is 0 Å². The molecule has 4 nitrogen and oxygen atoms in total. The zero-order valence-corrected chi connectivity index (χ0v) is 9.36. The maximum absolute atomic E-state index is 9.79. The Hall–Kier alpha value is -1.81. The largest absolute Gasteiger partial charge is 0.508 e. The fourth-order valence-electron chi connectivity index (χ4n) is 1.87. The lowest BCUT2D eigenvalue weighted by molar-refractivity contribution is 0.420. The third kappa shape index (κ3) is 1.79. The van der Waals surface area contributed by atoms with E-state index in [2.05, 4.69) is 10.4 Å². The molecule has 0 aromatic rings. The first-order chi connectivity index (χ1) is 7.61. The number of hydrogen-bond acceptors (Lipinski definition) is 4. The highest BCUT2D eigenvalue weighted by molar-refractivity contribution is 5.94. The van der Waals surface area contributed by atoms with Crippen molar-refractivity contribution < 1.29 is 5.11 Å². The molecule has 0 fully saturated rings. The minimum Gasteiger partial charge on any atom is -0.508 e. The molecule has 0 radical (unpaired) electrons. The van der Waals surface area contributed by atoms with Crippen LogP contribution in [0, 0.1) is 0 Å². The van der Waals surface area contributed by atoms with Crippen molar-refractivity contribution in [2.45, 2.75) is 19.9 Å². The smallest absolute Gasteiger partial charge is 0.135 e. The van der Waals surface area contributed by atoms with Crippen LogP contribution in [-0.2, 0) is 0 Å². The Labute approximate surface area is 94.5 Å². The van der Waals surface area contributed by atoms with E-state index in [1.54, 1.807) is 6.08 Å². The van der Waals surface area contributed by atoms with Crippen LogP contribution in [0.1, 0.15) is 13.8 Å². The maximum Gasteiger partial charge on any atom is 0.135 e. The molecule has 4 heteroatoms. The second kappa shape index (κ2) is 3.98. The number of hydrogen-bond donors (Lipinski definition) is 3. The van der Waals surface area contributed by atoms with Gasteiger partial charge in [-0.15, -0.1) is 0 Å². The Balaban J connectivity index is 2.49. The molecule has 16 heavy (non-hydrogen) atoms. The van der Waals surface area contributed by atoms with Crippen LogP contribution in [0.25, 0.3) is 0 Å². The Bertz CT molecular complexity index is 467. The molecule has 0 aromatic carbocycles. The summed E-state index contributed by atoms with van der Waals surface area (Å²) in [6.07, 6.45) is 7.50. The number of aliphatic imine (C=N–C) groups is 1. The summed E-state index contributed by atoms with van der Waals surface area (Å²) in [6, 6.07) is -0.162. The summed E-state index contributed by atoms with van der Waals surface area (Å²) in [4.78, 5) is 4.38. The van der Waals surface area contributed by atoms with Gasteiger partial charge >= 0.3 is 0 Å². The zero-order chi connectivity index (χ0) is 11.7. The van der Waals surface area contributed by atoms with E-state index in [0.29, 0.717) is 5.84 Å². The van der Waals surface area contributed by atoms with E-state index in [1.165, 1.54) is 0 Å². The molecule has 0 amide bonds. The van der Waals surface area contributed by atoms with Gasteiger partial charge in [0.15, 0.2) is 0 Å². The van der Waals surface area contributed by atoms with E-state index in [4.69, 9.17) is 5.84 Å². The number of allylic oxidation sites excluding steroid dienone is 3. The minimum atomic E-state index is -0.162. The van der Waals surface area contributed by atoms with Gasteiger partial charge in [-0.25, -0.2) is 5.84 Å².